The molecule has 0 saturated heterocycles. The van der Waals surface area contributed by atoms with Crippen LogP contribution in [0, 0.1) is 0 Å². The molecule has 18 heavy (non-hydrogen) atoms. The molecule has 0 atom stereocenters. The highest BCUT2D eigenvalue weighted by Crippen LogP contribution is 2.30. The number of nitrogens with one attached hydrogen (secondary N) is 2. The van der Waals surface area contributed by atoms with Gasteiger partial charge in [-0.15, -0.1) is 0 Å². The fourth-order valence-electron chi connectivity index (χ4n) is 1.48. The van der Waals surface area contributed by atoms with Gasteiger partial charge in [-0.2, -0.15) is 4.98 Å². The van der Waals surface area contributed by atoms with Gasteiger partial charge < -0.3 is 19.9 Å². The molecule has 0 saturated carbocycles. The van der Waals surface area contributed by atoms with Crippen LogP contribution in [0.3, 0.4) is 0 Å². The normalized spacial score (nSPS) is 10.6. The fraction of sp³-hybridized carbons (Fsp3) is 0.455. The number of hydrogen-bond acceptors (Lipinski definition) is 6. The second-order valence-corrected chi connectivity index (χ2v) is 5.07. The van der Waals surface area contributed by atoms with Gasteiger partial charge in [0.2, 0.25) is 5.88 Å². The summed E-state index contributed by atoms with van der Waals surface area (Å²) in [6.45, 7) is 1.48. The number of methoxy groups -OCH3 is 1. The predicted molar refractivity (Wildman–Crippen MR) is 72.1 cm³/mol. The van der Waals surface area contributed by atoms with E-state index in [1.807, 2.05) is 25.2 Å². The van der Waals surface area contributed by atoms with Crippen molar-refractivity contribution in [1.29, 1.82) is 0 Å². The Labute approximate surface area is 110 Å². The van der Waals surface area contributed by atoms with Crippen LogP contribution in [0.5, 0.6) is 5.88 Å². The first-order valence-corrected chi connectivity index (χ1v) is 6.41. The third-order valence-electron chi connectivity index (χ3n) is 2.38. The molecule has 0 radical (unpaired) electrons. The molecule has 2 N–H and O–H groups in total. The first kappa shape index (κ1) is 12.8. The summed E-state index contributed by atoms with van der Waals surface area (Å²) in [4.78, 5) is 14.5. The van der Waals surface area contributed by atoms with Gasteiger partial charge in [0.05, 0.1) is 18.3 Å². The number of hydrogen-bond donors (Lipinski definition) is 2. The highest BCUT2D eigenvalue weighted by Gasteiger charge is 2.12. The summed E-state index contributed by atoms with van der Waals surface area (Å²) in [7, 11) is 5.59. The maximum Gasteiger partial charge on any atom is 0.230 e. The van der Waals surface area contributed by atoms with Crippen molar-refractivity contribution in [1.82, 2.24) is 20.3 Å². The second-order valence-electron chi connectivity index (χ2n) is 4.00. The number of aromatic nitrogens is 3. The summed E-state index contributed by atoms with van der Waals surface area (Å²) >= 11 is 1.63. The number of ether oxygens (including phenoxy) is 1. The quantitative estimate of drug-likeness (QED) is 0.824. The number of nitrogens with zero attached hydrogens (tertiary/aromatic N) is 3. The standard InChI is InChI=1S/C11H17N5OS/c1-16(2)11-15-10(17-3)9(18-11)6-12-4-8-5-13-7-14-8/h5,7,12H,4,6H2,1-3H3,(H,13,14). The highest BCUT2D eigenvalue weighted by molar-refractivity contribution is 7.15. The molecule has 0 amide bonds. The third kappa shape index (κ3) is 2.99. The lowest BCUT2D eigenvalue weighted by Gasteiger charge is -2.05. The first-order chi connectivity index (χ1) is 8.70. The Bertz CT molecular complexity index is 480. The zero-order chi connectivity index (χ0) is 13.0. The van der Waals surface area contributed by atoms with E-state index in [-0.39, 0.29) is 0 Å². The number of imidazole rings is 1. The van der Waals surface area contributed by atoms with Crippen LogP contribution >= 0.6 is 11.3 Å². The van der Waals surface area contributed by atoms with Crippen molar-refractivity contribution in [2.24, 2.45) is 0 Å². The topological polar surface area (TPSA) is 66.1 Å². The fourth-order valence-corrected chi connectivity index (χ4v) is 2.40. The van der Waals surface area contributed by atoms with Crippen LogP contribution in [0.2, 0.25) is 0 Å². The van der Waals surface area contributed by atoms with Crippen LogP contribution in [0.15, 0.2) is 12.5 Å². The van der Waals surface area contributed by atoms with E-state index in [9.17, 15) is 0 Å². The van der Waals surface area contributed by atoms with E-state index in [2.05, 4.69) is 20.3 Å². The molecule has 0 aromatic carbocycles. The Balaban J connectivity index is 1.95. The van der Waals surface area contributed by atoms with Crippen molar-refractivity contribution in [3.8, 4) is 5.88 Å². The van der Waals surface area contributed by atoms with Crippen LogP contribution in [0.1, 0.15) is 10.6 Å². The largest absolute Gasteiger partial charge is 0.480 e. The number of thiazole rings is 1. The van der Waals surface area contributed by atoms with E-state index in [1.165, 1.54) is 0 Å². The monoisotopic (exact) mass is 267 g/mol. The average molecular weight is 267 g/mol. The minimum absolute atomic E-state index is 0.695. The molecule has 0 aliphatic carbocycles. The Morgan fingerprint density at radius 1 is 1.44 bits per heavy atom. The third-order valence-corrected chi connectivity index (χ3v) is 3.59. The van der Waals surface area contributed by atoms with Crippen molar-refractivity contribution < 1.29 is 4.74 Å². The minimum Gasteiger partial charge on any atom is -0.480 e. The maximum absolute atomic E-state index is 5.28. The summed E-state index contributed by atoms with van der Waals surface area (Å²) in [6, 6.07) is 0. The van der Waals surface area contributed by atoms with Gasteiger partial charge in [0, 0.05) is 39.1 Å². The highest BCUT2D eigenvalue weighted by atomic mass is 32.1. The maximum atomic E-state index is 5.28. The average Bonchev–Trinajstić information content (AvgIpc) is 2.97. The van der Waals surface area contributed by atoms with Crippen LogP contribution in [0.4, 0.5) is 5.13 Å². The number of rotatable bonds is 6. The SMILES string of the molecule is COc1nc(N(C)C)sc1CNCc1cnc[nH]1. The van der Waals surface area contributed by atoms with Gasteiger partial charge in [-0.25, -0.2) is 4.98 Å². The summed E-state index contributed by atoms with van der Waals surface area (Å²) < 4.78 is 5.28. The zero-order valence-corrected chi connectivity index (χ0v) is 11.5. The molecule has 98 valence electrons. The molecule has 0 unspecified atom stereocenters. The number of H-pyrrole nitrogens is 1. The number of anilines is 1. The van der Waals surface area contributed by atoms with E-state index in [4.69, 9.17) is 4.74 Å². The van der Waals surface area contributed by atoms with Crippen LogP contribution in [0.25, 0.3) is 0 Å². The van der Waals surface area contributed by atoms with Crippen molar-refractivity contribution in [2.45, 2.75) is 13.1 Å². The molecule has 2 aromatic rings. The Hall–Kier alpha value is -1.60. The molecule has 2 aromatic heterocycles. The van der Waals surface area contributed by atoms with Crippen molar-refractivity contribution in [3.63, 3.8) is 0 Å². The predicted octanol–water partition coefficient (Wildman–Crippen LogP) is 1.23. The Morgan fingerprint density at radius 3 is 2.89 bits per heavy atom. The van der Waals surface area contributed by atoms with Crippen LogP contribution < -0.4 is 15.0 Å². The van der Waals surface area contributed by atoms with E-state index < -0.39 is 0 Å². The van der Waals surface area contributed by atoms with E-state index in [0.29, 0.717) is 5.88 Å². The Kier molecular flexibility index (Phi) is 4.16. The molecule has 2 heterocycles. The van der Waals surface area contributed by atoms with Gasteiger partial charge in [-0.05, 0) is 0 Å². The van der Waals surface area contributed by atoms with Crippen LogP contribution in [-0.2, 0) is 13.1 Å². The summed E-state index contributed by atoms with van der Waals surface area (Å²) in [5.41, 5.74) is 1.06. The smallest absolute Gasteiger partial charge is 0.230 e. The molecule has 2 rings (SSSR count). The summed E-state index contributed by atoms with van der Waals surface area (Å²) in [5, 5.41) is 4.28. The second kappa shape index (κ2) is 5.83. The lowest BCUT2D eigenvalue weighted by molar-refractivity contribution is 0.394. The Morgan fingerprint density at radius 2 is 2.28 bits per heavy atom. The molecule has 0 aliphatic heterocycles. The van der Waals surface area contributed by atoms with E-state index in [0.717, 1.165) is 28.8 Å². The van der Waals surface area contributed by atoms with Gasteiger partial charge >= 0.3 is 0 Å². The minimum atomic E-state index is 0.695. The van der Waals surface area contributed by atoms with Gasteiger partial charge in [-0.1, -0.05) is 11.3 Å². The van der Waals surface area contributed by atoms with Gasteiger partial charge in [0.25, 0.3) is 0 Å². The van der Waals surface area contributed by atoms with E-state index in [1.54, 1.807) is 24.8 Å². The summed E-state index contributed by atoms with van der Waals surface area (Å²) in [6.07, 6.45) is 3.48. The van der Waals surface area contributed by atoms with Crippen molar-refractivity contribution >= 4 is 16.5 Å². The molecular formula is C11H17N5OS. The lowest BCUT2D eigenvalue weighted by Crippen LogP contribution is -2.12. The van der Waals surface area contributed by atoms with Crippen molar-refractivity contribution in [3.05, 3.63) is 23.1 Å². The van der Waals surface area contributed by atoms with Gasteiger partial charge in [0.1, 0.15) is 0 Å². The van der Waals surface area contributed by atoms with Gasteiger partial charge in [-0.3, -0.25) is 0 Å². The number of aromatic amines is 1. The lowest BCUT2D eigenvalue weighted by atomic mass is 10.4. The molecule has 0 fully saturated rings. The molecule has 6 nitrogen and oxygen atoms in total. The molecule has 0 bridgehead atoms. The van der Waals surface area contributed by atoms with Gasteiger partial charge in [0.15, 0.2) is 5.13 Å². The zero-order valence-electron chi connectivity index (χ0n) is 10.7. The van der Waals surface area contributed by atoms with Crippen molar-refractivity contribution in [2.75, 3.05) is 26.1 Å². The molecular weight excluding hydrogens is 250 g/mol. The van der Waals surface area contributed by atoms with Crippen LogP contribution in [-0.4, -0.2) is 36.2 Å². The first-order valence-electron chi connectivity index (χ1n) is 5.59. The molecule has 0 aliphatic rings. The molecule has 0 spiro atoms. The molecule has 7 heteroatoms. The van der Waals surface area contributed by atoms with E-state index >= 15 is 0 Å². The summed E-state index contributed by atoms with van der Waals surface area (Å²) in [5.74, 6) is 0.695.